The Labute approximate surface area is 160 Å². The Kier molecular flexibility index (Phi) is 6.68. The number of aryl methyl sites for hydroxylation is 1. The van der Waals surface area contributed by atoms with Gasteiger partial charge in [-0.2, -0.15) is 0 Å². The average molecular weight is 392 g/mol. The van der Waals surface area contributed by atoms with E-state index in [1.807, 2.05) is 13.0 Å². The van der Waals surface area contributed by atoms with E-state index in [0.29, 0.717) is 29.5 Å². The molecule has 0 radical (unpaired) electrons. The van der Waals surface area contributed by atoms with Crippen molar-refractivity contribution in [3.8, 4) is 11.5 Å². The van der Waals surface area contributed by atoms with Crippen molar-refractivity contribution in [1.82, 2.24) is 0 Å². The van der Waals surface area contributed by atoms with Gasteiger partial charge in [-0.05, 0) is 43.7 Å². The fourth-order valence-corrected chi connectivity index (χ4v) is 3.42. The molecule has 0 heterocycles. The van der Waals surface area contributed by atoms with Gasteiger partial charge in [0.1, 0.15) is 18.0 Å². The lowest BCUT2D eigenvalue weighted by atomic mass is 10.2. The topological polar surface area (TPSA) is 84.9 Å². The number of benzene rings is 2. The van der Waals surface area contributed by atoms with E-state index in [9.17, 15) is 13.2 Å². The third kappa shape index (κ3) is 5.37. The predicted octanol–water partition coefficient (Wildman–Crippen LogP) is 2.81. The Morgan fingerprint density at radius 1 is 1.15 bits per heavy atom. The molecule has 0 aromatic heterocycles. The van der Waals surface area contributed by atoms with Gasteiger partial charge in [-0.3, -0.25) is 9.10 Å². The first-order valence-electron chi connectivity index (χ1n) is 8.40. The van der Waals surface area contributed by atoms with Gasteiger partial charge >= 0.3 is 0 Å². The largest absolute Gasteiger partial charge is 0.495 e. The fourth-order valence-electron chi connectivity index (χ4n) is 2.56. The maximum absolute atomic E-state index is 12.6. The van der Waals surface area contributed by atoms with Crippen molar-refractivity contribution in [3.05, 3.63) is 48.0 Å². The van der Waals surface area contributed by atoms with Crippen molar-refractivity contribution in [1.29, 1.82) is 0 Å². The fraction of sp³-hybridized carbons (Fsp3) is 0.316. The standard InChI is InChI=1S/C19H24N2O5S/c1-5-26-18-9-7-6-8-16(18)21(27(4,23)24)13-19(22)20-15-12-14(2)10-11-17(15)25-3/h6-12H,5,13H2,1-4H3,(H,20,22). The Morgan fingerprint density at radius 2 is 1.85 bits per heavy atom. The number of nitrogens with one attached hydrogen (secondary N) is 1. The molecular weight excluding hydrogens is 368 g/mol. The first kappa shape index (κ1) is 20.6. The van der Waals surface area contributed by atoms with Gasteiger partial charge in [-0.25, -0.2) is 8.42 Å². The summed E-state index contributed by atoms with van der Waals surface area (Å²) >= 11 is 0. The molecule has 27 heavy (non-hydrogen) atoms. The number of methoxy groups -OCH3 is 1. The van der Waals surface area contributed by atoms with Crippen molar-refractivity contribution in [3.63, 3.8) is 0 Å². The van der Waals surface area contributed by atoms with E-state index in [0.717, 1.165) is 16.1 Å². The summed E-state index contributed by atoms with van der Waals surface area (Å²) < 4.78 is 36.4. The van der Waals surface area contributed by atoms with E-state index in [1.54, 1.807) is 43.3 Å². The van der Waals surface area contributed by atoms with Crippen LogP contribution in [0.1, 0.15) is 12.5 Å². The van der Waals surface area contributed by atoms with Crippen molar-refractivity contribution in [2.45, 2.75) is 13.8 Å². The van der Waals surface area contributed by atoms with Crippen LogP contribution in [0.3, 0.4) is 0 Å². The molecule has 1 N–H and O–H groups in total. The van der Waals surface area contributed by atoms with E-state index in [-0.39, 0.29) is 6.54 Å². The Hall–Kier alpha value is -2.74. The molecule has 0 fully saturated rings. The van der Waals surface area contributed by atoms with Crippen LogP contribution in [0, 0.1) is 6.92 Å². The molecule has 0 atom stereocenters. The second kappa shape index (κ2) is 8.77. The minimum Gasteiger partial charge on any atom is -0.495 e. The molecule has 0 bridgehead atoms. The molecule has 0 aliphatic carbocycles. The van der Waals surface area contributed by atoms with Gasteiger partial charge in [-0.1, -0.05) is 18.2 Å². The van der Waals surface area contributed by atoms with E-state index < -0.39 is 15.9 Å². The highest BCUT2D eigenvalue weighted by Gasteiger charge is 2.24. The molecule has 0 unspecified atom stereocenters. The molecule has 0 saturated carbocycles. The quantitative estimate of drug-likeness (QED) is 0.747. The van der Waals surface area contributed by atoms with Gasteiger partial charge in [0, 0.05) is 0 Å². The van der Waals surface area contributed by atoms with Gasteiger partial charge < -0.3 is 14.8 Å². The Morgan fingerprint density at radius 3 is 2.48 bits per heavy atom. The van der Waals surface area contributed by atoms with E-state index in [1.165, 1.54) is 7.11 Å². The summed E-state index contributed by atoms with van der Waals surface area (Å²) in [5.74, 6) is 0.400. The monoisotopic (exact) mass is 392 g/mol. The van der Waals surface area contributed by atoms with Crippen LogP contribution < -0.4 is 19.1 Å². The van der Waals surface area contributed by atoms with Gasteiger partial charge in [0.25, 0.3) is 0 Å². The van der Waals surface area contributed by atoms with Crippen LogP contribution >= 0.6 is 0 Å². The van der Waals surface area contributed by atoms with E-state index in [4.69, 9.17) is 9.47 Å². The summed E-state index contributed by atoms with van der Waals surface area (Å²) in [7, 11) is -2.21. The molecule has 2 aromatic rings. The number of sulfonamides is 1. The summed E-state index contributed by atoms with van der Waals surface area (Å²) in [6.07, 6.45) is 1.05. The lowest BCUT2D eigenvalue weighted by Crippen LogP contribution is -2.37. The third-order valence-corrected chi connectivity index (χ3v) is 4.88. The van der Waals surface area contributed by atoms with Gasteiger partial charge in [0.15, 0.2) is 0 Å². The highest BCUT2D eigenvalue weighted by molar-refractivity contribution is 7.92. The summed E-state index contributed by atoms with van der Waals surface area (Å²) in [4.78, 5) is 12.6. The lowest BCUT2D eigenvalue weighted by molar-refractivity contribution is -0.114. The van der Waals surface area contributed by atoms with Crippen LogP contribution in [0.4, 0.5) is 11.4 Å². The first-order chi connectivity index (χ1) is 12.8. The Balaban J connectivity index is 2.31. The zero-order chi connectivity index (χ0) is 20.0. The molecule has 0 aliphatic heterocycles. The summed E-state index contributed by atoms with van der Waals surface area (Å²) in [6.45, 7) is 3.68. The molecular formula is C19H24N2O5S. The van der Waals surface area contributed by atoms with Crippen LogP contribution in [-0.4, -0.2) is 40.8 Å². The van der Waals surface area contributed by atoms with E-state index in [2.05, 4.69) is 5.32 Å². The number of carbonyl (C=O) groups excluding carboxylic acids is 1. The molecule has 0 spiro atoms. The zero-order valence-corrected chi connectivity index (χ0v) is 16.7. The maximum atomic E-state index is 12.6. The number of para-hydroxylation sites is 2. The summed E-state index contributed by atoms with van der Waals surface area (Å²) in [5, 5.41) is 2.72. The number of carbonyl (C=O) groups is 1. The first-order valence-corrected chi connectivity index (χ1v) is 10.2. The number of rotatable bonds is 8. The second-order valence-corrected chi connectivity index (χ2v) is 7.83. The number of hydrogen-bond donors (Lipinski definition) is 1. The molecule has 0 saturated heterocycles. The van der Waals surface area contributed by atoms with Crippen molar-refractivity contribution >= 4 is 27.3 Å². The maximum Gasteiger partial charge on any atom is 0.245 e. The third-order valence-electron chi connectivity index (χ3n) is 3.75. The summed E-state index contributed by atoms with van der Waals surface area (Å²) in [6, 6.07) is 12.1. The normalized spacial score (nSPS) is 11.0. The molecule has 0 aliphatic rings. The summed E-state index contributed by atoms with van der Waals surface area (Å²) in [5.41, 5.74) is 1.73. The van der Waals surface area contributed by atoms with Crippen LogP contribution in [0.2, 0.25) is 0 Å². The minimum absolute atomic E-state index is 0.313. The average Bonchev–Trinajstić information content (AvgIpc) is 2.60. The van der Waals surface area contributed by atoms with Crippen molar-refractivity contribution < 1.29 is 22.7 Å². The van der Waals surface area contributed by atoms with Gasteiger partial charge in [0.05, 0.1) is 31.3 Å². The minimum atomic E-state index is -3.71. The number of anilines is 2. The molecule has 1 amide bonds. The predicted molar refractivity (Wildman–Crippen MR) is 106 cm³/mol. The SMILES string of the molecule is CCOc1ccccc1N(CC(=O)Nc1cc(C)ccc1OC)S(C)(=O)=O. The van der Waals surface area contributed by atoms with Gasteiger partial charge in [0.2, 0.25) is 15.9 Å². The number of hydrogen-bond acceptors (Lipinski definition) is 5. The smallest absolute Gasteiger partial charge is 0.245 e. The van der Waals surface area contributed by atoms with Crippen molar-refractivity contribution in [2.24, 2.45) is 0 Å². The highest BCUT2D eigenvalue weighted by atomic mass is 32.2. The number of amides is 1. The van der Waals surface area contributed by atoms with Crippen LogP contribution in [0.25, 0.3) is 0 Å². The molecule has 2 aromatic carbocycles. The molecule has 8 heteroatoms. The Bertz CT molecular complexity index is 912. The van der Waals surface area contributed by atoms with Crippen LogP contribution in [0.5, 0.6) is 11.5 Å². The molecule has 2 rings (SSSR count). The van der Waals surface area contributed by atoms with E-state index >= 15 is 0 Å². The zero-order valence-electron chi connectivity index (χ0n) is 15.9. The number of nitrogens with zero attached hydrogens (tertiary/aromatic N) is 1. The van der Waals surface area contributed by atoms with Crippen LogP contribution in [-0.2, 0) is 14.8 Å². The van der Waals surface area contributed by atoms with Gasteiger partial charge in [-0.15, -0.1) is 0 Å². The number of ether oxygens (including phenoxy) is 2. The molecule has 146 valence electrons. The lowest BCUT2D eigenvalue weighted by Gasteiger charge is -2.24. The van der Waals surface area contributed by atoms with Crippen LogP contribution in [0.15, 0.2) is 42.5 Å². The molecule has 7 nitrogen and oxygen atoms in total. The highest BCUT2D eigenvalue weighted by Crippen LogP contribution is 2.30. The van der Waals surface area contributed by atoms with Crippen molar-refractivity contribution in [2.75, 3.05) is 36.1 Å². The second-order valence-electron chi connectivity index (χ2n) is 5.92.